The van der Waals surface area contributed by atoms with Gasteiger partial charge in [0.15, 0.2) is 0 Å². The number of likely N-dealkylation sites (tertiary alicyclic amines) is 1. The van der Waals surface area contributed by atoms with Crippen molar-refractivity contribution < 1.29 is 9.59 Å². The molecule has 1 aliphatic rings. The monoisotopic (exact) mass is 372 g/mol. The van der Waals surface area contributed by atoms with Gasteiger partial charge in [0.1, 0.15) is 5.01 Å². The highest BCUT2D eigenvalue weighted by Gasteiger charge is 2.18. The van der Waals surface area contributed by atoms with Crippen LogP contribution >= 0.6 is 11.3 Å². The van der Waals surface area contributed by atoms with Crippen LogP contribution in [0.25, 0.3) is 0 Å². The van der Waals surface area contributed by atoms with Crippen LogP contribution in [0.1, 0.15) is 64.2 Å². The third-order valence-electron chi connectivity index (χ3n) is 4.39. The number of aryl methyl sites for hydroxylation is 1. The van der Waals surface area contributed by atoms with Gasteiger partial charge in [-0.15, -0.1) is 10.2 Å². The van der Waals surface area contributed by atoms with Crippen LogP contribution in [0, 0.1) is 0 Å². The molecule has 0 unspecified atom stereocenters. The van der Waals surface area contributed by atoms with E-state index in [-0.39, 0.29) is 11.8 Å². The van der Waals surface area contributed by atoms with Gasteiger partial charge in [-0.2, -0.15) is 0 Å². The summed E-state index contributed by atoms with van der Waals surface area (Å²) in [5.74, 6) is -0.256. The van der Waals surface area contributed by atoms with Crippen molar-refractivity contribution in [3.8, 4) is 0 Å². The summed E-state index contributed by atoms with van der Waals surface area (Å²) in [4.78, 5) is 27.0. The van der Waals surface area contributed by atoms with Crippen molar-refractivity contribution in [3.05, 3.63) is 39.8 Å². The molecular weight excluding hydrogens is 348 g/mol. The van der Waals surface area contributed by atoms with Crippen molar-refractivity contribution in [2.45, 2.75) is 45.4 Å². The number of aromatic nitrogens is 2. The fraction of sp³-hybridized carbons (Fsp3) is 0.474. The molecule has 0 aliphatic carbocycles. The number of rotatable bonds is 5. The maximum atomic E-state index is 12.7. The van der Waals surface area contributed by atoms with Crippen LogP contribution < -0.4 is 5.32 Å². The molecule has 1 aliphatic heterocycles. The topological polar surface area (TPSA) is 75.2 Å². The Balaban J connectivity index is 1.68. The fourth-order valence-electron chi connectivity index (χ4n) is 3.03. The third kappa shape index (κ3) is 4.66. The highest BCUT2D eigenvalue weighted by molar-refractivity contribution is 7.13. The third-order valence-corrected chi connectivity index (χ3v) is 5.37. The molecule has 0 saturated carbocycles. The van der Waals surface area contributed by atoms with Crippen molar-refractivity contribution in [2.24, 2.45) is 0 Å². The van der Waals surface area contributed by atoms with E-state index < -0.39 is 0 Å². The molecular formula is C19H24N4O2S. The Morgan fingerprint density at radius 2 is 1.92 bits per heavy atom. The molecule has 0 spiro atoms. The maximum absolute atomic E-state index is 12.7. The summed E-state index contributed by atoms with van der Waals surface area (Å²) < 4.78 is 0. The van der Waals surface area contributed by atoms with Gasteiger partial charge in [-0.05, 0) is 37.5 Å². The molecule has 1 aromatic carbocycles. The largest absolute Gasteiger partial charge is 0.339 e. The second-order valence-corrected chi connectivity index (χ2v) is 7.55. The van der Waals surface area contributed by atoms with E-state index in [1.54, 1.807) is 24.3 Å². The maximum Gasteiger partial charge on any atom is 0.286 e. The van der Waals surface area contributed by atoms with E-state index in [1.807, 2.05) is 4.90 Å². The van der Waals surface area contributed by atoms with E-state index in [2.05, 4.69) is 22.4 Å². The van der Waals surface area contributed by atoms with Crippen LogP contribution in [0.3, 0.4) is 0 Å². The van der Waals surface area contributed by atoms with Crippen LogP contribution in [-0.4, -0.2) is 40.0 Å². The molecule has 1 saturated heterocycles. The van der Waals surface area contributed by atoms with Crippen molar-refractivity contribution in [1.82, 2.24) is 15.1 Å². The van der Waals surface area contributed by atoms with Gasteiger partial charge in [0, 0.05) is 30.8 Å². The minimum Gasteiger partial charge on any atom is -0.339 e. The van der Waals surface area contributed by atoms with E-state index >= 15 is 0 Å². The Labute approximate surface area is 157 Å². The molecule has 0 radical (unpaired) electrons. The standard InChI is InChI=1S/C19H24N4O2S/c1-2-8-16-21-22-18(26-16)17(24)20-15-10-7-9-14(13-15)19(25)23-11-5-3-4-6-12-23/h7,9-10,13H,2-6,8,11-12H2,1H3,(H,20,24). The Morgan fingerprint density at radius 1 is 1.15 bits per heavy atom. The van der Waals surface area contributed by atoms with Crippen molar-refractivity contribution in [3.63, 3.8) is 0 Å². The summed E-state index contributed by atoms with van der Waals surface area (Å²) in [7, 11) is 0. The number of nitrogens with one attached hydrogen (secondary N) is 1. The van der Waals surface area contributed by atoms with Crippen molar-refractivity contribution in [1.29, 1.82) is 0 Å². The smallest absolute Gasteiger partial charge is 0.286 e. The molecule has 2 aromatic rings. The lowest BCUT2D eigenvalue weighted by Crippen LogP contribution is -2.31. The second-order valence-electron chi connectivity index (χ2n) is 6.49. The minimum atomic E-state index is -0.288. The summed E-state index contributed by atoms with van der Waals surface area (Å²) in [5, 5.41) is 12.0. The number of benzene rings is 1. The first-order chi connectivity index (χ1) is 12.7. The number of anilines is 1. The van der Waals surface area contributed by atoms with E-state index in [0.717, 1.165) is 43.8 Å². The first kappa shape index (κ1) is 18.5. The van der Waals surface area contributed by atoms with Gasteiger partial charge in [0.05, 0.1) is 0 Å². The lowest BCUT2D eigenvalue weighted by Gasteiger charge is -2.20. The molecule has 1 aromatic heterocycles. The normalized spacial score (nSPS) is 14.7. The highest BCUT2D eigenvalue weighted by atomic mass is 32.1. The van der Waals surface area contributed by atoms with E-state index in [9.17, 15) is 9.59 Å². The van der Waals surface area contributed by atoms with E-state index in [0.29, 0.717) is 16.3 Å². The fourth-order valence-corrected chi connectivity index (χ4v) is 3.87. The Hall–Kier alpha value is -2.28. The highest BCUT2D eigenvalue weighted by Crippen LogP contribution is 2.18. The summed E-state index contributed by atoms with van der Waals surface area (Å²) in [5.41, 5.74) is 1.21. The van der Waals surface area contributed by atoms with Crippen LogP contribution in [0.5, 0.6) is 0 Å². The zero-order valence-corrected chi connectivity index (χ0v) is 15.8. The van der Waals surface area contributed by atoms with Crippen LogP contribution in [0.15, 0.2) is 24.3 Å². The van der Waals surface area contributed by atoms with Crippen molar-refractivity contribution >= 4 is 28.8 Å². The molecule has 1 fully saturated rings. The Morgan fingerprint density at radius 3 is 2.65 bits per heavy atom. The first-order valence-electron chi connectivity index (χ1n) is 9.20. The minimum absolute atomic E-state index is 0.0316. The van der Waals surface area contributed by atoms with Gasteiger partial charge in [0.25, 0.3) is 11.8 Å². The zero-order chi connectivity index (χ0) is 18.4. The van der Waals surface area contributed by atoms with Gasteiger partial charge in [-0.1, -0.05) is 37.2 Å². The van der Waals surface area contributed by atoms with Gasteiger partial charge in [-0.25, -0.2) is 0 Å². The lowest BCUT2D eigenvalue weighted by molar-refractivity contribution is 0.0761. The van der Waals surface area contributed by atoms with Crippen LogP contribution in [-0.2, 0) is 6.42 Å². The summed E-state index contributed by atoms with van der Waals surface area (Å²) >= 11 is 1.31. The quantitative estimate of drug-likeness (QED) is 0.867. The number of carbonyl (C=O) groups is 2. The molecule has 138 valence electrons. The van der Waals surface area contributed by atoms with Gasteiger partial charge in [0.2, 0.25) is 5.01 Å². The van der Waals surface area contributed by atoms with Crippen molar-refractivity contribution in [2.75, 3.05) is 18.4 Å². The molecule has 2 heterocycles. The zero-order valence-electron chi connectivity index (χ0n) is 15.0. The van der Waals surface area contributed by atoms with Crippen LogP contribution in [0.2, 0.25) is 0 Å². The molecule has 1 N–H and O–H groups in total. The number of amides is 2. The van der Waals surface area contributed by atoms with E-state index in [4.69, 9.17) is 0 Å². The molecule has 2 amide bonds. The van der Waals surface area contributed by atoms with Gasteiger partial charge in [-0.3, -0.25) is 9.59 Å². The summed E-state index contributed by atoms with van der Waals surface area (Å²) in [6.45, 7) is 3.68. The number of hydrogen-bond acceptors (Lipinski definition) is 5. The lowest BCUT2D eigenvalue weighted by atomic mass is 10.1. The predicted molar refractivity (Wildman–Crippen MR) is 103 cm³/mol. The molecule has 3 rings (SSSR count). The Bertz CT molecular complexity index is 766. The number of hydrogen-bond donors (Lipinski definition) is 1. The SMILES string of the molecule is CCCc1nnc(C(=O)Nc2cccc(C(=O)N3CCCCCC3)c2)s1. The molecule has 0 atom stereocenters. The van der Waals surface area contributed by atoms with E-state index in [1.165, 1.54) is 24.2 Å². The van der Waals surface area contributed by atoms with Gasteiger partial charge >= 0.3 is 0 Å². The van der Waals surface area contributed by atoms with Gasteiger partial charge < -0.3 is 10.2 Å². The first-order valence-corrected chi connectivity index (χ1v) is 10.0. The average Bonchev–Trinajstić information content (AvgIpc) is 2.95. The summed E-state index contributed by atoms with van der Waals surface area (Å²) in [6, 6.07) is 7.11. The molecule has 0 bridgehead atoms. The average molecular weight is 372 g/mol. The summed E-state index contributed by atoms with van der Waals surface area (Å²) in [6.07, 6.45) is 6.27. The second kappa shape index (κ2) is 8.89. The number of carbonyl (C=O) groups excluding carboxylic acids is 2. The molecule has 6 nitrogen and oxygen atoms in total. The number of nitrogens with zero attached hydrogens (tertiary/aromatic N) is 3. The van der Waals surface area contributed by atoms with Crippen LogP contribution in [0.4, 0.5) is 5.69 Å². The molecule has 7 heteroatoms. The predicted octanol–water partition coefficient (Wildman–Crippen LogP) is 3.76. The Kier molecular flexibility index (Phi) is 6.33. The molecule has 26 heavy (non-hydrogen) atoms.